The zero-order valence-electron chi connectivity index (χ0n) is 14.8. The minimum Gasteiger partial charge on any atom is -0.368 e. The van der Waals surface area contributed by atoms with Gasteiger partial charge >= 0.3 is 0 Å². The van der Waals surface area contributed by atoms with Crippen molar-refractivity contribution < 1.29 is 14.3 Å². The summed E-state index contributed by atoms with van der Waals surface area (Å²) in [5, 5.41) is 0. The molecule has 2 fully saturated rings. The number of likely N-dealkylation sites (tertiary alicyclic amines) is 2. The molecule has 0 bridgehead atoms. The summed E-state index contributed by atoms with van der Waals surface area (Å²) < 4.78 is 5.46. The predicted octanol–water partition coefficient (Wildman–Crippen LogP) is 1.31. The summed E-state index contributed by atoms with van der Waals surface area (Å²) in [6.07, 6.45) is 3.07. The zero-order chi connectivity index (χ0) is 17.8. The number of piperidine rings is 1. The van der Waals surface area contributed by atoms with Gasteiger partial charge in [-0.3, -0.25) is 14.5 Å². The molecule has 2 heterocycles. The van der Waals surface area contributed by atoms with Crippen LogP contribution in [0.25, 0.3) is 0 Å². The zero-order valence-corrected chi connectivity index (χ0v) is 14.8. The minimum atomic E-state index is -0.553. The SMILES string of the molecule is CO[C@@H](C(=O)N1CCC(N2CCC[C@H]2C(N)=O)CC1)c1ccccc1. The number of nitrogens with zero attached hydrogens (tertiary/aromatic N) is 2. The second-order valence-electron chi connectivity index (χ2n) is 6.88. The predicted molar refractivity (Wildman–Crippen MR) is 94.7 cm³/mol. The third kappa shape index (κ3) is 3.85. The van der Waals surface area contributed by atoms with Crippen LogP contribution in [0, 0.1) is 0 Å². The summed E-state index contributed by atoms with van der Waals surface area (Å²) in [7, 11) is 1.57. The molecule has 6 nitrogen and oxygen atoms in total. The lowest BCUT2D eigenvalue weighted by atomic mass is 10.0. The summed E-state index contributed by atoms with van der Waals surface area (Å²) in [6.45, 7) is 2.31. The van der Waals surface area contributed by atoms with E-state index >= 15 is 0 Å². The van der Waals surface area contributed by atoms with Gasteiger partial charge in [-0.2, -0.15) is 0 Å². The van der Waals surface area contributed by atoms with E-state index in [9.17, 15) is 9.59 Å². The molecule has 2 saturated heterocycles. The average molecular weight is 345 g/mol. The summed E-state index contributed by atoms with van der Waals surface area (Å²) in [5.74, 6) is -0.209. The summed E-state index contributed by atoms with van der Waals surface area (Å²) >= 11 is 0. The maximum Gasteiger partial charge on any atom is 0.256 e. The van der Waals surface area contributed by atoms with Crippen molar-refractivity contribution in [2.24, 2.45) is 5.73 Å². The Balaban J connectivity index is 1.60. The van der Waals surface area contributed by atoms with Crippen LogP contribution >= 0.6 is 0 Å². The van der Waals surface area contributed by atoms with E-state index in [0.29, 0.717) is 19.1 Å². The normalized spacial score (nSPS) is 23.6. The average Bonchev–Trinajstić information content (AvgIpc) is 3.13. The first-order valence-electron chi connectivity index (χ1n) is 9.03. The molecule has 2 aliphatic rings. The quantitative estimate of drug-likeness (QED) is 0.873. The second-order valence-corrected chi connectivity index (χ2v) is 6.88. The number of carbonyl (C=O) groups is 2. The van der Waals surface area contributed by atoms with Gasteiger partial charge in [-0.1, -0.05) is 30.3 Å². The molecule has 0 spiro atoms. The van der Waals surface area contributed by atoms with Gasteiger partial charge in [-0.15, -0.1) is 0 Å². The van der Waals surface area contributed by atoms with Crippen molar-refractivity contribution >= 4 is 11.8 Å². The lowest BCUT2D eigenvalue weighted by Crippen LogP contribution is -2.51. The molecule has 2 amide bonds. The highest BCUT2D eigenvalue weighted by atomic mass is 16.5. The molecule has 0 aromatic heterocycles. The molecule has 0 unspecified atom stereocenters. The second kappa shape index (κ2) is 7.97. The highest BCUT2D eigenvalue weighted by molar-refractivity contribution is 5.82. The maximum atomic E-state index is 12.8. The lowest BCUT2D eigenvalue weighted by Gasteiger charge is -2.39. The van der Waals surface area contributed by atoms with E-state index in [4.69, 9.17) is 10.5 Å². The molecule has 6 heteroatoms. The minimum absolute atomic E-state index is 0.0139. The molecule has 136 valence electrons. The molecule has 1 aromatic rings. The number of hydrogen-bond donors (Lipinski definition) is 1. The summed E-state index contributed by atoms with van der Waals surface area (Å²) in [6, 6.07) is 9.79. The van der Waals surface area contributed by atoms with E-state index in [1.165, 1.54) is 0 Å². The summed E-state index contributed by atoms with van der Waals surface area (Å²) in [5.41, 5.74) is 6.41. The molecule has 0 saturated carbocycles. The standard InChI is InChI=1S/C19H27N3O3/c1-25-17(14-6-3-2-4-7-14)19(24)21-12-9-15(10-13-21)22-11-5-8-16(22)18(20)23/h2-4,6-7,15-17H,5,8-13H2,1H3,(H2,20,23)/t16-,17+/m0/s1. The first kappa shape index (κ1) is 17.9. The van der Waals surface area contributed by atoms with Crippen molar-refractivity contribution in [2.45, 2.75) is 43.9 Å². The molecular formula is C19H27N3O3. The van der Waals surface area contributed by atoms with Crippen LogP contribution in [-0.2, 0) is 14.3 Å². The van der Waals surface area contributed by atoms with Gasteiger partial charge in [0.25, 0.3) is 5.91 Å². The van der Waals surface area contributed by atoms with Crippen LogP contribution < -0.4 is 5.73 Å². The van der Waals surface area contributed by atoms with Crippen LogP contribution in [0.15, 0.2) is 30.3 Å². The first-order chi connectivity index (χ1) is 12.1. The fourth-order valence-corrected chi connectivity index (χ4v) is 4.12. The molecule has 0 aliphatic carbocycles. The van der Waals surface area contributed by atoms with E-state index < -0.39 is 6.10 Å². The van der Waals surface area contributed by atoms with Crippen molar-refractivity contribution in [3.63, 3.8) is 0 Å². The van der Waals surface area contributed by atoms with E-state index in [2.05, 4.69) is 4.90 Å². The van der Waals surface area contributed by atoms with Crippen molar-refractivity contribution in [2.75, 3.05) is 26.7 Å². The number of nitrogens with two attached hydrogens (primary N) is 1. The number of methoxy groups -OCH3 is 1. The Morgan fingerprint density at radius 3 is 2.40 bits per heavy atom. The number of hydrogen-bond acceptors (Lipinski definition) is 4. The number of rotatable bonds is 5. The highest BCUT2D eigenvalue weighted by Gasteiger charge is 2.37. The molecule has 0 radical (unpaired) electrons. The third-order valence-electron chi connectivity index (χ3n) is 5.43. The topological polar surface area (TPSA) is 75.9 Å². The Kier molecular flexibility index (Phi) is 5.71. The molecule has 25 heavy (non-hydrogen) atoms. The number of benzene rings is 1. The van der Waals surface area contributed by atoms with Gasteiger partial charge in [0, 0.05) is 26.2 Å². The molecule has 2 N–H and O–H groups in total. The van der Waals surface area contributed by atoms with Crippen molar-refractivity contribution in [3.8, 4) is 0 Å². The largest absolute Gasteiger partial charge is 0.368 e. The fourth-order valence-electron chi connectivity index (χ4n) is 4.12. The summed E-state index contributed by atoms with van der Waals surface area (Å²) in [4.78, 5) is 28.6. The van der Waals surface area contributed by atoms with Crippen molar-refractivity contribution in [1.29, 1.82) is 0 Å². The third-order valence-corrected chi connectivity index (χ3v) is 5.43. The van der Waals surface area contributed by atoms with Gasteiger partial charge in [-0.25, -0.2) is 0 Å². The van der Waals surface area contributed by atoms with Gasteiger partial charge in [0.05, 0.1) is 6.04 Å². The Morgan fingerprint density at radius 2 is 1.80 bits per heavy atom. The first-order valence-corrected chi connectivity index (χ1v) is 9.03. The van der Waals surface area contributed by atoms with Gasteiger partial charge in [-0.05, 0) is 37.8 Å². The van der Waals surface area contributed by atoms with E-state index in [1.54, 1.807) is 7.11 Å². The Labute approximate surface area is 148 Å². The molecular weight excluding hydrogens is 318 g/mol. The van der Waals surface area contributed by atoms with Crippen LogP contribution in [0.5, 0.6) is 0 Å². The number of primary amides is 1. The Hall–Kier alpha value is -1.92. The van der Waals surface area contributed by atoms with Gasteiger partial charge in [0.15, 0.2) is 6.10 Å². The van der Waals surface area contributed by atoms with Gasteiger partial charge in [0.1, 0.15) is 0 Å². The van der Waals surface area contributed by atoms with Gasteiger partial charge in [0.2, 0.25) is 5.91 Å². The van der Waals surface area contributed by atoms with Crippen LogP contribution in [0.1, 0.15) is 37.4 Å². The highest BCUT2D eigenvalue weighted by Crippen LogP contribution is 2.27. The van der Waals surface area contributed by atoms with Gasteiger partial charge < -0.3 is 15.4 Å². The molecule has 3 rings (SSSR count). The molecule has 2 aliphatic heterocycles. The van der Waals surface area contributed by atoms with E-state index in [0.717, 1.165) is 37.8 Å². The molecule has 2 atom stereocenters. The van der Waals surface area contributed by atoms with Crippen LogP contribution in [0.3, 0.4) is 0 Å². The van der Waals surface area contributed by atoms with E-state index in [-0.39, 0.29) is 17.9 Å². The van der Waals surface area contributed by atoms with Crippen LogP contribution in [-0.4, -0.2) is 60.4 Å². The van der Waals surface area contributed by atoms with E-state index in [1.807, 2.05) is 35.2 Å². The number of amides is 2. The Morgan fingerprint density at radius 1 is 1.12 bits per heavy atom. The van der Waals surface area contributed by atoms with Crippen LogP contribution in [0.2, 0.25) is 0 Å². The smallest absolute Gasteiger partial charge is 0.256 e. The Bertz CT molecular complexity index is 599. The maximum absolute atomic E-state index is 12.8. The number of carbonyl (C=O) groups excluding carboxylic acids is 2. The lowest BCUT2D eigenvalue weighted by molar-refractivity contribution is -0.144. The van der Waals surface area contributed by atoms with Crippen LogP contribution in [0.4, 0.5) is 0 Å². The monoisotopic (exact) mass is 345 g/mol. The van der Waals surface area contributed by atoms with Crippen molar-refractivity contribution in [3.05, 3.63) is 35.9 Å². The number of ether oxygens (including phenoxy) is 1. The molecule has 1 aromatic carbocycles. The fraction of sp³-hybridized carbons (Fsp3) is 0.579. The van der Waals surface area contributed by atoms with Crippen molar-refractivity contribution in [1.82, 2.24) is 9.80 Å².